The third kappa shape index (κ3) is 3.46. The van der Waals surface area contributed by atoms with E-state index in [0.29, 0.717) is 0 Å². The first-order valence-electron chi connectivity index (χ1n) is 16.5. The highest BCUT2D eigenvalue weighted by Gasteiger charge is 2.35. The van der Waals surface area contributed by atoms with Crippen molar-refractivity contribution in [1.82, 2.24) is 4.57 Å². The summed E-state index contributed by atoms with van der Waals surface area (Å²) in [7, 11) is 0. The Morgan fingerprint density at radius 1 is 0.457 bits per heavy atom. The summed E-state index contributed by atoms with van der Waals surface area (Å²) in [6.07, 6.45) is 7.08. The third-order valence-corrected chi connectivity index (χ3v) is 10.8. The molecule has 1 heteroatoms. The highest BCUT2D eigenvalue weighted by molar-refractivity contribution is 6.12. The monoisotopic (exact) mass is 587 g/mol. The number of benzene rings is 7. The largest absolute Gasteiger partial charge is 0.309 e. The predicted octanol–water partition coefficient (Wildman–Crippen LogP) is 10.4. The minimum absolute atomic E-state index is 0.000943. The molecule has 2 aliphatic carbocycles. The van der Waals surface area contributed by atoms with Crippen molar-refractivity contribution in [3.8, 4) is 27.9 Å². The van der Waals surface area contributed by atoms with E-state index >= 15 is 0 Å². The molecule has 0 radical (unpaired) electrons. The maximum absolute atomic E-state index is 2.45. The Kier molecular flexibility index (Phi) is 5.24. The highest BCUT2D eigenvalue weighted by atomic mass is 15.0. The van der Waals surface area contributed by atoms with Crippen LogP contribution in [0.3, 0.4) is 0 Å². The van der Waals surface area contributed by atoms with Crippen molar-refractivity contribution in [2.24, 2.45) is 0 Å². The molecule has 0 bridgehead atoms. The standard InChI is InChI=1S/C45H33N/c1-45(2)41-17-9-7-15-36(41)39-27-30(21-23-42(39)45)46-43-18-10-8-16-37(43)40-26-29(20-24-44(40)46)28-19-22-35-33-13-4-3-11-31(33)32-12-5-6-14-34(32)38(35)25-28/h5-27H,3-4H2,1-2H3. The van der Waals surface area contributed by atoms with Crippen molar-refractivity contribution in [2.45, 2.75) is 32.1 Å². The number of aromatic nitrogens is 1. The Morgan fingerprint density at radius 3 is 1.89 bits per heavy atom. The molecule has 10 rings (SSSR count). The van der Waals surface area contributed by atoms with Crippen LogP contribution in [0.5, 0.6) is 0 Å². The summed E-state index contributed by atoms with van der Waals surface area (Å²) in [6.45, 7) is 4.70. The summed E-state index contributed by atoms with van der Waals surface area (Å²) in [5.74, 6) is 0. The van der Waals surface area contributed by atoms with Gasteiger partial charge in [-0.3, -0.25) is 0 Å². The summed E-state index contributed by atoms with van der Waals surface area (Å²) in [5, 5.41) is 10.7. The number of hydrogen-bond donors (Lipinski definition) is 0. The van der Waals surface area contributed by atoms with Gasteiger partial charge in [0.15, 0.2) is 0 Å². The molecule has 0 N–H and O–H groups in total. The molecule has 218 valence electrons. The molecule has 0 fully saturated rings. The molecule has 0 atom stereocenters. The molecule has 0 unspecified atom stereocenters. The summed E-state index contributed by atoms with van der Waals surface area (Å²) in [4.78, 5) is 0. The second kappa shape index (κ2) is 9.31. The van der Waals surface area contributed by atoms with Gasteiger partial charge in [0.05, 0.1) is 11.0 Å². The van der Waals surface area contributed by atoms with Crippen molar-refractivity contribution >= 4 is 55.5 Å². The van der Waals surface area contributed by atoms with Gasteiger partial charge < -0.3 is 4.57 Å². The van der Waals surface area contributed by atoms with E-state index in [0.717, 1.165) is 12.8 Å². The Morgan fingerprint density at radius 2 is 1.07 bits per heavy atom. The lowest BCUT2D eigenvalue weighted by Gasteiger charge is -2.21. The highest BCUT2D eigenvalue weighted by Crippen LogP contribution is 2.49. The smallest absolute Gasteiger partial charge is 0.0541 e. The fourth-order valence-corrected chi connectivity index (χ4v) is 8.60. The fourth-order valence-electron chi connectivity index (χ4n) is 8.60. The zero-order chi connectivity index (χ0) is 30.6. The van der Waals surface area contributed by atoms with Crippen LogP contribution in [-0.4, -0.2) is 4.57 Å². The molecule has 8 aromatic rings. The van der Waals surface area contributed by atoms with E-state index in [4.69, 9.17) is 0 Å². The van der Waals surface area contributed by atoms with E-state index in [9.17, 15) is 0 Å². The van der Waals surface area contributed by atoms with Crippen molar-refractivity contribution in [1.29, 1.82) is 0 Å². The first-order valence-corrected chi connectivity index (χ1v) is 16.5. The van der Waals surface area contributed by atoms with Crippen LogP contribution in [0.2, 0.25) is 0 Å². The van der Waals surface area contributed by atoms with Gasteiger partial charge in [0, 0.05) is 21.9 Å². The van der Waals surface area contributed by atoms with E-state index in [1.165, 1.54) is 92.9 Å². The molecule has 2 aliphatic rings. The molecule has 1 nitrogen and oxygen atoms in total. The van der Waals surface area contributed by atoms with Gasteiger partial charge in [-0.15, -0.1) is 0 Å². The Bertz CT molecular complexity index is 2720. The van der Waals surface area contributed by atoms with Gasteiger partial charge in [-0.1, -0.05) is 117 Å². The first kappa shape index (κ1) is 25.9. The van der Waals surface area contributed by atoms with Crippen molar-refractivity contribution in [2.75, 3.05) is 0 Å². The van der Waals surface area contributed by atoms with Gasteiger partial charge in [0.1, 0.15) is 0 Å². The summed E-state index contributed by atoms with van der Waals surface area (Å²) in [5.41, 5.74) is 11.7. The molecule has 0 aliphatic heterocycles. The van der Waals surface area contributed by atoms with Crippen LogP contribution in [0.4, 0.5) is 0 Å². The molecule has 0 spiro atoms. The lowest BCUT2D eigenvalue weighted by atomic mass is 9.82. The van der Waals surface area contributed by atoms with E-state index in [2.05, 4.69) is 158 Å². The predicted molar refractivity (Wildman–Crippen MR) is 196 cm³/mol. The molecule has 0 amide bonds. The average Bonchev–Trinajstić information content (AvgIpc) is 3.56. The maximum atomic E-state index is 2.45. The van der Waals surface area contributed by atoms with E-state index in [1.54, 1.807) is 0 Å². The number of fused-ring (bicyclic) bond motifs is 12. The van der Waals surface area contributed by atoms with E-state index in [1.807, 2.05) is 0 Å². The average molecular weight is 588 g/mol. The molecule has 0 saturated heterocycles. The van der Waals surface area contributed by atoms with Gasteiger partial charge in [-0.05, 0) is 115 Å². The second-order valence-corrected chi connectivity index (χ2v) is 13.6. The van der Waals surface area contributed by atoms with Crippen LogP contribution in [0.1, 0.15) is 37.8 Å². The van der Waals surface area contributed by atoms with Gasteiger partial charge >= 0.3 is 0 Å². The summed E-state index contributed by atoms with van der Waals surface area (Å²) < 4.78 is 2.45. The van der Waals surface area contributed by atoms with Crippen molar-refractivity contribution in [3.63, 3.8) is 0 Å². The summed E-state index contributed by atoms with van der Waals surface area (Å²) >= 11 is 0. The molecule has 0 saturated carbocycles. The zero-order valence-electron chi connectivity index (χ0n) is 26.1. The normalized spacial score (nSPS) is 14.7. The van der Waals surface area contributed by atoms with Gasteiger partial charge in [-0.2, -0.15) is 0 Å². The van der Waals surface area contributed by atoms with Crippen LogP contribution in [0, 0.1) is 0 Å². The topological polar surface area (TPSA) is 4.93 Å². The molecule has 1 aromatic heterocycles. The van der Waals surface area contributed by atoms with Crippen LogP contribution in [0.15, 0.2) is 127 Å². The number of rotatable bonds is 2. The van der Waals surface area contributed by atoms with Crippen LogP contribution < -0.4 is 10.4 Å². The quantitative estimate of drug-likeness (QED) is 0.177. The maximum Gasteiger partial charge on any atom is 0.0541 e. The molecule has 46 heavy (non-hydrogen) atoms. The van der Waals surface area contributed by atoms with Crippen LogP contribution >= 0.6 is 0 Å². The number of para-hydroxylation sites is 1. The van der Waals surface area contributed by atoms with Gasteiger partial charge in [0.25, 0.3) is 0 Å². The molecule has 1 heterocycles. The third-order valence-electron chi connectivity index (χ3n) is 10.8. The molecular weight excluding hydrogens is 555 g/mol. The zero-order valence-corrected chi connectivity index (χ0v) is 26.1. The number of hydrogen-bond acceptors (Lipinski definition) is 0. The number of nitrogens with zero attached hydrogens (tertiary/aromatic N) is 1. The minimum atomic E-state index is 0.000943. The van der Waals surface area contributed by atoms with E-state index < -0.39 is 0 Å². The van der Waals surface area contributed by atoms with Crippen LogP contribution in [-0.2, 0) is 5.41 Å². The van der Waals surface area contributed by atoms with Crippen molar-refractivity contribution in [3.05, 3.63) is 149 Å². The second-order valence-electron chi connectivity index (χ2n) is 13.6. The fraction of sp³-hybridized carbons (Fsp3) is 0.111. The summed E-state index contributed by atoms with van der Waals surface area (Å²) in [6, 6.07) is 47.9. The Balaban J connectivity index is 1.18. The minimum Gasteiger partial charge on any atom is -0.309 e. The van der Waals surface area contributed by atoms with Crippen molar-refractivity contribution < 1.29 is 0 Å². The molecular formula is C45H33N. The first-order chi connectivity index (χ1) is 22.6. The Hall–Kier alpha value is -5.40. The molecule has 7 aromatic carbocycles. The van der Waals surface area contributed by atoms with E-state index in [-0.39, 0.29) is 5.41 Å². The van der Waals surface area contributed by atoms with Gasteiger partial charge in [-0.25, -0.2) is 0 Å². The lowest BCUT2D eigenvalue weighted by Crippen LogP contribution is -2.28. The SMILES string of the molecule is CC1(C)c2ccccc2-c2cc(-n3c4ccccc4c4cc(-c5ccc6c7c(c8ccccc8c6c5)=CCCC=7)ccc43)ccc21. The Labute approximate surface area is 268 Å². The van der Waals surface area contributed by atoms with Crippen LogP contribution in [0.25, 0.3) is 83.4 Å². The lowest BCUT2D eigenvalue weighted by molar-refractivity contribution is 0.660. The van der Waals surface area contributed by atoms with Gasteiger partial charge in [0.2, 0.25) is 0 Å².